The van der Waals surface area contributed by atoms with Crippen LogP contribution in [-0.4, -0.2) is 39.4 Å². The monoisotopic (exact) mass is 518 g/mol. The number of aromatic nitrogens is 2. The van der Waals surface area contributed by atoms with Gasteiger partial charge in [-0.15, -0.1) is 0 Å². The van der Waals surface area contributed by atoms with Gasteiger partial charge in [0.15, 0.2) is 5.82 Å². The van der Waals surface area contributed by atoms with E-state index in [9.17, 15) is 4.79 Å². The minimum Gasteiger partial charge on any atom is -0.342 e. The number of carbonyl (C=O) groups excluding carboxylic acids is 1. The third-order valence-corrected chi connectivity index (χ3v) is 7.63. The number of hydrogen-bond donors (Lipinski definition) is 0. The van der Waals surface area contributed by atoms with Crippen molar-refractivity contribution in [3.05, 3.63) is 46.1 Å². The van der Waals surface area contributed by atoms with Gasteiger partial charge in [-0.25, -0.2) is 9.67 Å². The zero-order valence-electron chi connectivity index (χ0n) is 21.5. The number of amides is 1. The van der Waals surface area contributed by atoms with E-state index in [1.54, 1.807) is 12.3 Å². The van der Waals surface area contributed by atoms with Crippen molar-refractivity contribution in [2.45, 2.75) is 91.0 Å². The minimum absolute atomic E-state index is 0.134. The summed E-state index contributed by atoms with van der Waals surface area (Å²) in [5, 5.41) is 5.53. The summed E-state index contributed by atoms with van der Waals surface area (Å²) >= 11 is 12.6. The lowest BCUT2D eigenvalue weighted by atomic mass is 9.87. The molecule has 0 radical (unpaired) electrons. The van der Waals surface area contributed by atoms with Crippen LogP contribution in [0.4, 0.5) is 5.82 Å². The number of benzene rings is 1. The molecule has 2 atom stereocenters. The van der Waals surface area contributed by atoms with E-state index in [1.807, 2.05) is 29.8 Å². The predicted molar refractivity (Wildman–Crippen MR) is 147 cm³/mol. The average molecular weight is 520 g/mol. The van der Waals surface area contributed by atoms with Crippen molar-refractivity contribution < 1.29 is 4.79 Å². The molecule has 1 amide bonds. The highest BCUT2D eigenvalue weighted by Crippen LogP contribution is 2.38. The van der Waals surface area contributed by atoms with Crippen molar-refractivity contribution in [2.24, 2.45) is 10.9 Å². The molecule has 1 aromatic heterocycles. The van der Waals surface area contributed by atoms with Gasteiger partial charge in [-0.2, -0.15) is 5.10 Å². The highest BCUT2D eigenvalue weighted by atomic mass is 35.5. The summed E-state index contributed by atoms with van der Waals surface area (Å²) in [4.78, 5) is 21.0. The van der Waals surface area contributed by atoms with E-state index >= 15 is 0 Å². The van der Waals surface area contributed by atoms with Gasteiger partial charge in [0, 0.05) is 24.9 Å². The van der Waals surface area contributed by atoms with Crippen LogP contribution in [0.15, 0.2) is 35.5 Å². The van der Waals surface area contributed by atoms with Crippen molar-refractivity contribution >= 4 is 40.6 Å². The van der Waals surface area contributed by atoms with E-state index < -0.39 is 5.92 Å². The van der Waals surface area contributed by atoms with Gasteiger partial charge in [0.1, 0.15) is 5.92 Å². The van der Waals surface area contributed by atoms with Crippen LogP contribution >= 0.6 is 23.2 Å². The highest BCUT2D eigenvalue weighted by Gasteiger charge is 2.40. The summed E-state index contributed by atoms with van der Waals surface area (Å²) < 4.78 is 1.86. The second kappa shape index (κ2) is 14.0. The molecule has 2 heterocycles. The lowest BCUT2D eigenvalue weighted by Gasteiger charge is -2.35. The summed E-state index contributed by atoms with van der Waals surface area (Å²) in [5.74, 6) is 0.466. The van der Waals surface area contributed by atoms with Gasteiger partial charge in [0.2, 0.25) is 5.91 Å². The van der Waals surface area contributed by atoms with Crippen molar-refractivity contribution in [2.75, 3.05) is 13.1 Å². The third-order valence-electron chi connectivity index (χ3n) is 6.90. The van der Waals surface area contributed by atoms with Crippen LogP contribution in [-0.2, 0) is 4.79 Å². The Balaban J connectivity index is 1.85. The zero-order valence-corrected chi connectivity index (χ0v) is 23.0. The van der Waals surface area contributed by atoms with Crippen molar-refractivity contribution in [1.29, 1.82) is 0 Å². The van der Waals surface area contributed by atoms with Crippen molar-refractivity contribution in [3.8, 4) is 0 Å². The summed E-state index contributed by atoms with van der Waals surface area (Å²) in [6.07, 6.45) is 13.5. The predicted octanol–water partition coefficient (Wildman–Crippen LogP) is 8.27. The fourth-order valence-electron chi connectivity index (χ4n) is 4.92. The molecule has 192 valence electrons. The topological polar surface area (TPSA) is 50.5 Å². The van der Waals surface area contributed by atoms with Crippen LogP contribution in [0.3, 0.4) is 0 Å². The van der Waals surface area contributed by atoms with Crippen LogP contribution in [0.2, 0.25) is 10.0 Å². The van der Waals surface area contributed by atoms with E-state index in [1.165, 1.54) is 38.5 Å². The Morgan fingerprint density at radius 2 is 1.54 bits per heavy atom. The number of halogens is 2. The second-order valence-electron chi connectivity index (χ2n) is 9.64. The first-order valence-corrected chi connectivity index (χ1v) is 14.1. The van der Waals surface area contributed by atoms with Crippen LogP contribution in [0.5, 0.6) is 0 Å². The maximum atomic E-state index is 14.2. The fourth-order valence-corrected chi connectivity index (χ4v) is 5.22. The van der Waals surface area contributed by atoms with Gasteiger partial charge in [-0.3, -0.25) is 4.79 Å². The number of unbranched alkanes of at least 4 members (excludes halogenated alkanes) is 8. The number of hydrogen-bond acceptors (Lipinski definition) is 3. The van der Waals surface area contributed by atoms with E-state index in [2.05, 4.69) is 23.8 Å². The lowest BCUT2D eigenvalue weighted by Crippen LogP contribution is -2.45. The Labute approximate surface area is 220 Å². The van der Waals surface area contributed by atoms with Crippen LogP contribution in [0.1, 0.15) is 96.6 Å². The third kappa shape index (κ3) is 7.33. The first kappa shape index (κ1) is 27.7. The summed E-state index contributed by atoms with van der Waals surface area (Å²) in [5.41, 5.74) is 1.74. The maximum Gasteiger partial charge on any atom is 0.233 e. The summed E-state index contributed by atoms with van der Waals surface area (Å²) in [7, 11) is 0. The first-order valence-electron chi connectivity index (χ1n) is 13.3. The smallest absolute Gasteiger partial charge is 0.233 e. The Hall–Kier alpha value is -1.85. The molecule has 1 aliphatic heterocycles. The molecule has 0 saturated heterocycles. The maximum absolute atomic E-state index is 14.2. The van der Waals surface area contributed by atoms with E-state index in [4.69, 9.17) is 28.2 Å². The largest absolute Gasteiger partial charge is 0.342 e. The molecule has 0 saturated carbocycles. The van der Waals surface area contributed by atoms with Gasteiger partial charge in [-0.1, -0.05) is 94.5 Å². The highest BCUT2D eigenvalue weighted by molar-refractivity contribution is 6.42. The molecule has 7 heteroatoms. The molecular formula is C28H40Cl2N4O. The lowest BCUT2D eigenvalue weighted by molar-refractivity contribution is -0.134. The SMILES string of the molecule is CCCCCCCN(CCCCCCC)C(=O)C1C(C)=Nc2ccnn2C1c1ccc(Cl)c(Cl)c1. The molecule has 0 aliphatic carbocycles. The zero-order chi connectivity index (χ0) is 25.2. The number of fused-ring (bicyclic) bond motifs is 1. The number of carbonyl (C=O) groups is 1. The van der Waals surface area contributed by atoms with Gasteiger partial charge < -0.3 is 4.90 Å². The van der Waals surface area contributed by atoms with Gasteiger partial charge >= 0.3 is 0 Å². The first-order chi connectivity index (χ1) is 17.0. The fraction of sp³-hybridized carbons (Fsp3) is 0.607. The molecule has 2 unspecified atom stereocenters. The average Bonchev–Trinajstić information content (AvgIpc) is 3.31. The number of rotatable bonds is 14. The second-order valence-corrected chi connectivity index (χ2v) is 10.5. The Kier molecular flexibility index (Phi) is 11.1. The summed E-state index contributed by atoms with van der Waals surface area (Å²) in [6, 6.07) is 7.18. The molecular weight excluding hydrogens is 479 g/mol. The molecule has 3 rings (SSSR count). The molecule has 0 N–H and O–H groups in total. The van der Waals surface area contributed by atoms with Crippen molar-refractivity contribution in [1.82, 2.24) is 14.7 Å². The number of nitrogens with zero attached hydrogens (tertiary/aromatic N) is 4. The summed E-state index contributed by atoms with van der Waals surface area (Å²) in [6.45, 7) is 8.00. The van der Waals surface area contributed by atoms with E-state index in [-0.39, 0.29) is 11.9 Å². The molecule has 2 aromatic rings. The molecule has 1 aliphatic rings. The molecule has 0 bridgehead atoms. The van der Waals surface area contributed by atoms with E-state index in [0.29, 0.717) is 10.0 Å². The quantitative estimate of drug-likeness (QED) is 0.236. The van der Waals surface area contributed by atoms with Gasteiger partial charge in [0.25, 0.3) is 0 Å². The molecule has 35 heavy (non-hydrogen) atoms. The van der Waals surface area contributed by atoms with E-state index in [0.717, 1.165) is 55.9 Å². The van der Waals surface area contributed by atoms with Crippen LogP contribution in [0.25, 0.3) is 0 Å². The van der Waals surface area contributed by atoms with Crippen LogP contribution < -0.4 is 0 Å². The molecule has 1 aromatic carbocycles. The Bertz CT molecular complexity index is 973. The van der Waals surface area contributed by atoms with Crippen LogP contribution in [0, 0.1) is 5.92 Å². The Morgan fingerprint density at radius 3 is 2.14 bits per heavy atom. The van der Waals surface area contributed by atoms with Gasteiger partial charge in [-0.05, 0) is 37.5 Å². The minimum atomic E-state index is -0.425. The standard InChI is InChI=1S/C28H40Cl2N4O/c1-4-6-8-10-12-18-33(19-13-11-9-7-5-2)28(35)26-21(3)32-25-16-17-31-34(25)27(26)22-14-15-23(29)24(30)20-22/h14-17,20,26-27H,4-13,18-19H2,1-3H3. The number of aliphatic imine (C=N–C) groups is 1. The van der Waals surface area contributed by atoms with Gasteiger partial charge in [0.05, 0.1) is 22.3 Å². The van der Waals surface area contributed by atoms with Crippen molar-refractivity contribution in [3.63, 3.8) is 0 Å². The molecule has 0 fully saturated rings. The molecule has 5 nitrogen and oxygen atoms in total. The molecule has 0 spiro atoms. The normalized spacial score (nSPS) is 17.2. The Morgan fingerprint density at radius 1 is 0.914 bits per heavy atom.